The molecule has 23 aromatic rings. The maximum atomic E-state index is 6.86. The van der Waals surface area contributed by atoms with E-state index in [1.807, 2.05) is 72.0 Å². The Hall–Kier alpha value is -15.6. The number of furan rings is 1. The maximum Gasteiger partial charge on any atom is 0.166 e. The normalized spacial score (nSPS) is 11.6. The Balaban J connectivity index is 0.000000143. The summed E-state index contributed by atoms with van der Waals surface area (Å²) in [6, 6.07) is 144. The quantitative estimate of drug-likeness (QED) is 0.113. The van der Waals surface area contributed by atoms with Crippen molar-refractivity contribution in [2.45, 2.75) is 0 Å². The zero-order valence-corrected chi connectivity index (χ0v) is 64.5. The van der Waals surface area contributed by atoms with Gasteiger partial charge in [0.2, 0.25) is 0 Å². The molecule has 0 N–H and O–H groups in total. The van der Waals surface area contributed by atoms with E-state index in [2.05, 4.69) is 361 Å². The largest absolute Gasteiger partial charge is 0.455 e. The van der Waals surface area contributed by atoms with Gasteiger partial charge in [0, 0.05) is 91.4 Å². The second kappa shape index (κ2) is 29.4. The SMILES string of the molecule is c1ccc(-c2ccc(-c3nc(-c4ccccc4)nc(-c4ccccc4-n4c5ccccc5c5c6c(ccc54)oc4c(-c5cccc(-c7ccccc7)c5)cccc46)n3)cc2)cc1.c1ccc(-c2ccc(-c3nc(-c4ccccc4)nc(-c4ccccc4-n4c5ccccc5c5c6c(ccc54)sc4c(-c5ccccc5)cccc46)n3)cc2)cc1. The molecule has 6 aromatic heterocycles. The molecule has 0 atom stereocenters. The molecule has 0 unspecified atom stereocenters. The van der Waals surface area contributed by atoms with E-state index in [0.29, 0.717) is 34.9 Å². The first-order valence-corrected chi connectivity index (χ1v) is 40.5. The van der Waals surface area contributed by atoms with Gasteiger partial charge < -0.3 is 13.6 Å². The van der Waals surface area contributed by atoms with Crippen LogP contribution in [0.25, 0.3) is 221 Å². The molecule has 0 amide bonds. The summed E-state index contributed by atoms with van der Waals surface area (Å²) in [5.41, 5.74) is 25.3. The topological polar surface area (TPSA) is 100 Å². The molecular weight excluding hydrogens is 1460 g/mol. The van der Waals surface area contributed by atoms with Gasteiger partial charge in [0.1, 0.15) is 11.2 Å². The average molecular weight is 1530 g/mol. The van der Waals surface area contributed by atoms with Crippen molar-refractivity contribution in [3.05, 3.63) is 413 Å². The van der Waals surface area contributed by atoms with E-state index in [0.717, 1.165) is 127 Å². The molecule has 0 aliphatic heterocycles. The van der Waals surface area contributed by atoms with Crippen LogP contribution in [0, 0.1) is 0 Å². The minimum Gasteiger partial charge on any atom is -0.455 e. The van der Waals surface area contributed by atoms with Gasteiger partial charge in [-0.25, -0.2) is 29.9 Å². The van der Waals surface area contributed by atoms with Gasteiger partial charge in [0.25, 0.3) is 0 Å². The van der Waals surface area contributed by atoms with E-state index in [4.69, 9.17) is 34.3 Å². The second-order valence-electron chi connectivity index (χ2n) is 29.5. The van der Waals surface area contributed by atoms with E-state index in [1.54, 1.807) is 0 Å². The summed E-state index contributed by atoms with van der Waals surface area (Å²) in [6.45, 7) is 0. The van der Waals surface area contributed by atoms with E-state index >= 15 is 0 Å². The molecule has 10 heteroatoms. The summed E-state index contributed by atoms with van der Waals surface area (Å²) < 4.78 is 14.2. The van der Waals surface area contributed by atoms with Gasteiger partial charge in [-0.05, 0) is 117 Å². The fourth-order valence-corrected chi connectivity index (χ4v) is 18.3. The molecule has 0 spiro atoms. The summed E-state index contributed by atoms with van der Waals surface area (Å²) >= 11 is 1.87. The van der Waals surface area contributed by atoms with Crippen molar-refractivity contribution >= 4 is 97.1 Å². The van der Waals surface area contributed by atoms with Crippen LogP contribution in [0.2, 0.25) is 0 Å². The zero-order chi connectivity index (χ0) is 78.0. The van der Waals surface area contributed by atoms with E-state index in [9.17, 15) is 0 Å². The van der Waals surface area contributed by atoms with Crippen LogP contribution in [0.4, 0.5) is 0 Å². The molecule has 0 saturated carbocycles. The van der Waals surface area contributed by atoms with Crippen LogP contribution in [0.5, 0.6) is 0 Å². The zero-order valence-electron chi connectivity index (χ0n) is 63.7. The number of aromatic nitrogens is 8. The highest BCUT2D eigenvalue weighted by Crippen LogP contribution is 2.49. The summed E-state index contributed by atoms with van der Waals surface area (Å²) in [5.74, 6) is 3.71. The molecule has 6 heterocycles. The van der Waals surface area contributed by atoms with Crippen molar-refractivity contribution in [3.63, 3.8) is 0 Å². The lowest BCUT2D eigenvalue weighted by Crippen LogP contribution is -2.03. The molecule has 23 rings (SSSR count). The number of para-hydroxylation sites is 5. The Kier molecular flexibility index (Phi) is 17.2. The average Bonchev–Trinajstić information content (AvgIpc) is 1.56. The summed E-state index contributed by atoms with van der Waals surface area (Å²) in [5, 5.41) is 9.50. The fourth-order valence-electron chi connectivity index (χ4n) is 17.1. The number of nitrogens with zero attached hydrogens (tertiary/aromatic N) is 8. The Labute approximate surface area is 683 Å². The minimum absolute atomic E-state index is 0.597. The van der Waals surface area contributed by atoms with Crippen LogP contribution in [-0.4, -0.2) is 39.0 Å². The Morgan fingerprint density at radius 1 is 0.203 bits per heavy atom. The first-order chi connectivity index (χ1) is 58.5. The predicted molar refractivity (Wildman–Crippen MR) is 488 cm³/mol. The molecule has 0 bridgehead atoms. The highest BCUT2D eigenvalue weighted by atomic mass is 32.1. The van der Waals surface area contributed by atoms with Crippen LogP contribution >= 0.6 is 11.3 Å². The van der Waals surface area contributed by atoms with Gasteiger partial charge in [-0.1, -0.05) is 346 Å². The Morgan fingerprint density at radius 2 is 0.542 bits per heavy atom. The predicted octanol–water partition coefficient (Wildman–Crippen LogP) is 28.5. The van der Waals surface area contributed by atoms with Gasteiger partial charge in [-0.15, -0.1) is 11.3 Å². The lowest BCUT2D eigenvalue weighted by Gasteiger charge is -2.14. The van der Waals surface area contributed by atoms with Crippen LogP contribution in [-0.2, 0) is 0 Å². The van der Waals surface area contributed by atoms with Crippen LogP contribution in [0.1, 0.15) is 0 Å². The molecular formula is C108H68N8OS. The minimum atomic E-state index is 0.597. The third-order valence-electron chi connectivity index (χ3n) is 22.6. The lowest BCUT2D eigenvalue weighted by molar-refractivity contribution is 0.670. The first kappa shape index (κ1) is 69.1. The first-order valence-electron chi connectivity index (χ1n) is 39.6. The van der Waals surface area contributed by atoms with Crippen LogP contribution in [0.3, 0.4) is 0 Å². The molecule has 0 radical (unpaired) electrons. The third-order valence-corrected chi connectivity index (χ3v) is 23.8. The molecule has 0 aliphatic carbocycles. The maximum absolute atomic E-state index is 6.86. The van der Waals surface area contributed by atoms with Crippen molar-refractivity contribution in [2.24, 2.45) is 0 Å². The van der Waals surface area contributed by atoms with E-state index < -0.39 is 0 Å². The molecule has 9 nitrogen and oxygen atoms in total. The molecule has 0 fully saturated rings. The molecule has 0 saturated heterocycles. The van der Waals surface area contributed by atoms with E-state index in [-0.39, 0.29) is 0 Å². The van der Waals surface area contributed by atoms with Gasteiger partial charge in [0.05, 0.1) is 33.4 Å². The standard InChI is InChI=1S/C57H36N4O.C51H32N4S/c1-4-16-37(17-5-1)39-30-32-41(33-31-39)56-58-55(40-20-8-3-9-21-40)59-57(60-56)46-25-11-13-29-49(46)61-48-28-12-10-24-45(48)52-50(61)34-35-51-53(52)47-27-15-26-44(54(47)62-51)43-23-14-22-42(36-43)38-18-6-2-7-19-38;1-4-15-33(16-5-1)34-27-29-37(30-28-34)50-52-49(36-19-8-3-9-20-36)53-51(54-50)40-22-11-13-26-43(40)55-42-25-12-10-21-39(42)46-44(55)31-32-45-47(46)41-24-14-23-38(48(41)56-45)35-17-6-2-7-18-35/h1-36H;1-32H. The monoisotopic (exact) mass is 1520 g/mol. The number of benzene rings is 17. The highest BCUT2D eigenvalue weighted by molar-refractivity contribution is 7.26. The number of rotatable bonds is 13. The third kappa shape index (κ3) is 12.3. The second-order valence-corrected chi connectivity index (χ2v) is 30.6. The molecule has 17 aromatic carbocycles. The van der Waals surface area contributed by atoms with Gasteiger partial charge in [-0.2, -0.15) is 0 Å². The smallest absolute Gasteiger partial charge is 0.166 e. The van der Waals surface area contributed by atoms with Crippen molar-refractivity contribution in [1.29, 1.82) is 0 Å². The van der Waals surface area contributed by atoms with Crippen LogP contribution < -0.4 is 0 Å². The van der Waals surface area contributed by atoms with Gasteiger partial charge in [0.15, 0.2) is 34.9 Å². The molecule has 118 heavy (non-hydrogen) atoms. The van der Waals surface area contributed by atoms with Crippen molar-refractivity contribution in [2.75, 3.05) is 0 Å². The lowest BCUT2D eigenvalue weighted by atomic mass is 9.97. The molecule has 0 aliphatic rings. The van der Waals surface area contributed by atoms with E-state index in [1.165, 1.54) is 58.8 Å². The van der Waals surface area contributed by atoms with Crippen molar-refractivity contribution in [3.8, 4) is 135 Å². The van der Waals surface area contributed by atoms with Crippen molar-refractivity contribution < 1.29 is 4.42 Å². The number of hydrogen-bond donors (Lipinski definition) is 0. The summed E-state index contributed by atoms with van der Waals surface area (Å²) in [6.07, 6.45) is 0. The molecule has 552 valence electrons. The van der Waals surface area contributed by atoms with Gasteiger partial charge in [-0.3, -0.25) is 0 Å². The van der Waals surface area contributed by atoms with Gasteiger partial charge >= 0.3 is 0 Å². The van der Waals surface area contributed by atoms with Crippen molar-refractivity contribution in [1.82, 2.24) is 39.0 Å². The number of hydrogen-bond acceptors (Lipinski definition) is 8. The fraction of sp³-hybridized carbons (Fsp3) is 0. The Bertz CT molecular complexity index is 7760. The summed E-state index contributed by atoms with van der Waals surface area (Å²) in [7, 11) is 0. The highest BCUT2D eigenvalue weighted by Gasteiger charge is 2.26. The summed E-state index contributed by atoms with van der Waals surface area (Å²) in [4.78, 5) is 30.9. The van der Waals surface area contributed by atoms with Crippen LogP contribution in [0.15, 0.2) is 417 Å². The Morgan fingerprint density at radius 3 is 1.05 bits per heavy atom. The number of fused-ring (bicyclic) bond motifs is 14. The number of thiophene rings is 1.